The van der Waals surface area contributed by atoms with Gasteiger partial charge in [0.05, 0.1) is 33.2 Å². The third-order valence-electron chi connectivity index (χ3n) is 8.17. The van der Waals surface area contributed by atoms with Crippen LogP contribution >= 0.6 is 45.3 Å². The first kappa shape index (κ1) is 28.4. The Hall–Kier alpha value is -4.88. The molecule has 2 N–H and O–H groups in total. The van der Waals surface area contributed by atoms with Crippen molar-refractivity contribution in [2.45, 2.75) is 0 Å². The van der Waals surface area contributed by atoms with Gasteiger partial charge < -0.3 is 9.97 Å². The molecule has 7 aromatic rings. The van der Waals surface area contributed by atoms with E-state index in [2.05, 4.69) is 133 Å². The highest BCUT2D eigenvalue weighted by atomic mass is 32.1. The second-order valence-corrected chi connectivity index (χ2v) is 15.1. The molecule has 47 heavy (non-hydrogen) atoms. The number of rotatable bonds is 4. The summed E-state index contributed by atoms with van der Waals surface area (Å²) in [4.78, 5) is 27.1. The highest BCUT2D eigenvalue weighted by molar-refractivity contribution is 7.14. The van der Waals surface area contributed by atoms with Crippen molar-refractivity contribution in [3.05, 3.63) is 93.9 Å². The Bertz CT molecular complexity index is 2530. The van der Waals surface area contributed by atoms with Crippen LogP contribution in [0.2, 0.25) is 0 Å². The van der Waals surface area contributed by atoms with Crippen LogP contribution in [0.3, 0.4) is 0 Å². The Kier molecular flexibility index (Phi) is 6.71. The van der Waals surface area contributed by atoms with Crippen molar-refractivity contribution in [3.63, 3.8) is 0 Å². The Morgan fingerprint density at radius 2 is 0.851 bits per heavy atom. The van der Waals surface area contributed by atoms with Crippen molar-refractivity contribution in [3.8, 4) is 41.8 Å². The van der Waals surface area contributed by atoms with E-state index in [1.54, 1.807) is 45.3 Å². The van der Waals surface area contributed by atoms with Gasteiger partial charge >= 0.3 is 0 Å². The zero-order chi connectivity index (χ0) is 31.6. The standard InChI is InChI=1S/C35H27N8S4/c1-41-13-29(45-17-41)33-22-6-4-20(37-22)32(28-12-36-16-44-28)21-5-7-23(38-21)34(30-14-42(2)18-46-30)25-9-11-27(40-25)35(26-10-8-24(33)39-26)31-15-43(3)19-47-31/h4-19,37,40H,1-3H3/q+3. The van der Waals surface area contributed by atoms with Gasteiger partial charge in [-0.05, 0) is 48.6 Å². The fourth-order valence-electron chi connectivity index (χ4n) is 6.11. The number of hydrogen-bond acceptors (Lipinski definition) is 7. The SMILES string of the molecule is C[n+]1csc(-c2c3nc(c(-c4c[n+](C)cs4)c4ccc([nH]4)c(-c4c[n+](C)cs4)c4nc(c(-c5cncs5)c5ccc2[nH]5)C=C4)C=C3)c1. The van der Waals surface area contributed by atoms with E-state index in [1.165, 1.54) is 0 Å². The predicted molar refractivity (Wildman–Crippen MR) is 193 cm³/mol. The lowest BCUT2D eigenvalue weighted by Gasteiger charge is -2.02. The highest BCUT2D eigenvalue weighted by Crippen LogP contribution is 2.40. The molecule has 0 radical (unpaired) electrons. The van der Waals surface area contributed by atoms with Gasteiger partial charge in [0, 0.05) is 50.5 Å². The number of aryl methyl sites for hydroxylation is 3. The number of aromatic nitrogens is 8. The van der Waals surface area contributed by atoms with Gasteiger partial charge in [-0.15, -0.1) is 11.3 Å². The molecule has 0 aromatic carbocycles. The molecule has 0 spiro atoms. The van der Waals surface area contributed by atoms with Crippen molar-refractivity contribution in [1.29, 1.82) is 0 Å². The molecule has 2 aliphatic rings. The molecule has 0 fully saturated rings. The van der Waals surface area contributed by atoms with E-state index >= 15 is 0 Å². The topological polar surface area (TPSA) is 81.9 Å². The molecule has 8 nitrogen and oxygen atoms in total. The number of thiazole rings is 4. The van der Waals surface area contributed by atoms with Crippen LogP contribution in [-0.4, -0.2) is 24.9 Å². The number of fused-ring (bicyclic) bond motifs is 8. The molecular weight excluding hydrogens is 661 g/mol. The van der Waals surface area contributed by atoms with E-state index < -0.39 is 0 Å². The van der Waals surface area contributed by atoms with E-state index in [9.17, 15) is 0 Å². The number of nitrogens with zero attached hydrogens (tertiary/aromatic N) is 6. The van der Waals surface area contributed by atoms with E-state index in [1.807, 2.05) is 11.7 Å². The Labute approximate surface area is 285 Å². The Morgan fingerprint density at radius 1 is 0.489 bits per heavy atom. The summed E-state index contributed by atoms with van der Waals surface area (Å²) in [6.45, 7) is 0. The molecule has 0 aliphatic carbocycles. The van der Waals surface area contributed by atoms with Crippen molar-refractivity contribution < 1.29 is 13.7 Å². The molecule has 8 bridgehead atoms. The van der Waals surface area contributed by atoms with Crippen molar-refractivity contribution in [2.75, 3.05) is 0 Å². The van der Waals surface area contributed by atoms with Gasteiger partial charge in [0.15, 0.2) is 18.6 Å². The van der Waals surface area contributed by atoms with Crippen molar-refractivity contribution in [1.82, 2.24) is 24.9 Å². The first-order valence-electron chi connectivity index (χ1n) is 14.9. The first-order chi connectivity index (χ1) is 23.0. The molecule has 0 saturated heterocycles. The Balaban J connectivity index is 1.48. The van der Waals surface area contributed by atoms with Crippen LogP contribution in [0.4, 0.5) is 0 Å². The third kappa shape index (κ3) is 4.92. The minimum atomic E-state index is 0.895. The zero-order valence-corrected chi connectivity index (χ0v) is 28.8. The molecule has 12 heteroatoms. The van der Waals surface area contributed by atoms with E-state index in [4.69, 9.17) is 9.97 Å². The summed E-state index contributed by atoms with van der Waals surface area (Å²) >= 11 is 6.74. The van der Waals surface area contributed by atoms with Crippen LogP contribution in [-0.2, 0) is 21.1 Å². The molecule has 0 atom stereocenters. The Morgan fingerprint density at radius 3 is 1.15 bits per heavy atom. The largest absolute Gasteiger partial charge is 0.354 e. The predicted octanol–water partition coefficient (Wildman–Crippen LogP) is 7.44. The van der Waals surface area contributed by atoms with Crippen LogP contribution < -0.4 is 13.7 Å². The summed E-state index contributed by atoms with van der Waals surface area (Å²) in [7, 11) is 6.17. The fraction of sp³-hybridized carbons (Fsp3) is 0.0857. The smallest absolute Gasteiger partial charge is 0.225 e. The molecule has 2 aliphatic heterocycles. The average Bonchev–Trinajstić information content (AvgIpc) is 3.89. The number of H-pyrrole nitrogens is 2. The quantitative estimate of drug-likeness (QED) is 0.189. The van der Waals surface area contributed by atoms with E-state index in [0.717, 1.165) is 86.6 Å². The van der Waals surface area contributed by atoms with Crippen LogP contribution in [0.1, 0.15) is 22.8 Å². The van der Waals surface area contributed by atoms with Crippen molar-refractivity contribution in [2.24, 2.45) is 21.1 Å². The maximum absolute atomic E-state index is 5.35. The summed E-state index contributed by atoms with van der Waals surface area (Å²) in [5, 5.41) is 0. The van der Waals surface area contributed by atoms with Gasteiger partial charge in [-0.2, -0.15) is 13.7 Å². The number of nitrogens with one attached hydrogen (secondary N) is 2. The summed E-state index contributed by atoms with van der Waals surface area (Å²) in [5.74, 6) is 0. The van der Waals surface area contributed by atoms with Gasteiger partial charge in [0.1, 0.15) is 35.8 Å². The monoisotopic (exact) mass is 687 g/mol. The van der Waals surface area contributed by atoms with Crippen LogP contribution in [0.15, 0.2) is 71.1 Å². The molecule has 0 unspecified atom stereocenters. The summed E-state index contributed by atoms with van der Waals surface area (Å²) < 4.78 is 6.28. The maximum atomic E-state index is 5.35. The molecular formula is C35H27N8S4+3. The normalized spacial score (nSPS) is 12.4. The van der Waals surface area contributed by atoms with E-state index in [0.29, 0.717) is 0 Å². The summed E-state index contributed by atoms with van der Waals surface area (Å²) in [6, 6.07) is 8.65. The third-order valence-corrected chi connectivity index (χ3v) is 12.0. The molecule has 7 aromatic heterocycles. The van der Waals surface area contributed by atoms with Gasteiger partial charge in [-0.3, -0.25) is 4.98 Å². The van der Waals surface area contributed by atoms with Gasteiger partial charge in [-0.1, -0.05) is 34.0 Å². The second-order valence-electron chi connectivity index (χ2n) is 11.5. The minimum Gasteiger partial charge on any atom is -0.354 e. The van der Waals surface area contributed by atoms with Crippen LogP contribution in [0, 0.1) is 0 Å². The average molecular weight is 688 g/mol. The maximum Gasteiger partial charge on any atom is 0.225 e. The van der Waals surface area contributed by atoms with E-state index in [-0.39, 0.29) is 0 Å². The van der Waals surface area contributed by atoms with Gasteiger partial charge in [-0.25, -0.2) is 9.97 Å². The lowest BCUT2D eigenvalue weighted by atomic mass is 10.1. The number of hydrogen-bond donors (Lipinski definition) is 2. The molecule has 9 rings (SSSR count). The molecule has 0 saturated carbocycles. The fourth-order valence-corrected chi connectivity index (χ4v) is 9.50. The van der Waals surface area contributed by atoms with Crippen molar-refractivity contribution >= 4 is 91.7 Å². The minimum absolute atomic E-state index is 0.895. The zero-order valence-electron chi connectivity index (χ0n) is 25.6. The summed E-state index contributed by atoms with van der Waals surface area (Å²) in [5.41, 5.74) is 20.1. The highest BCUT2D eigenvalue weighted by Gasteiger charge is 2.22. The lowest BCUT2D eigenvalue weighted by Crippen LogP contribution is -2.22. The summed E-state index contributed by atoms with van der Waals surface area (Å²) in [6.07, 6.45) is 16.9. The number of aromatic amines is 2. The van der Waals surface area contributed by atoms with Gasteiger partial charge in [0.2, 0.25) is 16.5 Å². The first-order valence-corrected chi connectivity index (χ1v) is 18.4. The lowest BCUT2D eigenvalue weighted by molar-refractivity contribution is -0.666. The molecule has 228 valence electrons. The molecule has 9 heterocycles. The molecule has 0 amide bonds. The van der Waals surface area contributed by atoms with Crippen LogP contribution in [0.5, 0.6) is 0 Å². The van der Waals surface area contributed by atoms with Crippen LogP contribution in [0.25, 0.3) is 88.1 Å². The second kappa shape index (κ2) is 11.1. The van der Waals surface area contributed by atoms with Gasteiger partial charge in [0.25, 0.3) is 0 Å².